The van der Waals surface area contributed by atoms with Crippen molar-refractivity contribution >= 4 is 27.3 Å². The van der Waals surface area contributed by atoms with E-state index in [0.29, 0.717) is 16.7 Å². The molecule has 1 aromatic heterocycles. The highest BCUT2D eigenvalue weighted by molar-refractivity contribution is 9.10. The van der Waals surface area contributed by atoms with Crippen LogP contribution in [0.5, 0.6) is 0 Å². The minimum Gasteiger partial charge on any atom is -0.379 e. The first-order valence-corrected chi connectivity index (χ1v) is 6.50. The molecule has 0 aliphatic carbocycles. The number of anilines is 1. The molecule has 1 N–H and O–H groups in total. The van der Waals surface area contributed by atoms with Gasteiger partial charge in [-0.15, -0.1) is 0 Å². The van der Waals surface area contributed by atoms with Gasteiger partial charge in [0, 0.05) is 42.4 Å². The number of nitro benzene ring substituents is 1. The molecule has 0 aliphatic heterocycles. The predicted molar refractivity (Wildman–Crippen MR) is 76.2 cm³/mol. The Balaban J connectivity index is 2.03. The number of aryl methyl sites for hydroxylation is 1. The SMILES string of the molecule is Cn1cncc1CCNc1ccc(Br)cc1[N+](=O)[O-]. The van der Waals surface area contributed by atoms with Gasteiger partial charge in [0.05, 0.1) is 11.3 Å². The molecule has 19 heavy (non-hydrogen) atoms. The molecule has 0 saturated carbocycles. The smallest absolute Gasteiger partial charge is 0.293 e. The van der Waals surface area contributed by atoms with Gasteiger partial charge in [0.25, 0.3) is 5.69 Å². The molecular formula is C12H13BrN4O2. The van der Waals surface area contributed by atoms with Gasteiger partial charge >= 0.3 is 0 Å². The Kier molecular flexibility index (Phi) is 4.16. The van der Waals surface area contributed by atoms with Crippen LogP contribution < -0.4 is 5.32 Å². The summed E-state index contributed by atoms with van der Waals surface area (Å²) in [4.78, 5) is 14.6. The van der Waals surface area contributed by atoms with Crippen LogP contribution in [-0.2, 0) is 13.5 Å². The third-order valence-corrected chi connectivity index (χ3v) is 3.26. The molecule has 100 valence electrons. The van der Waals surface area contributed by atoms with Crippen molar-refractivity contribution in [1.82, 2.24) is 9.55 Å². The third kappa shape index (κ3) is 3.31. The highest BCUT2D eigenvalue weighted by atomic mass is 79.9. The van der Waals surface area contributed by atoms with Crippen molar-refractivity contribution in [2.75, 3.05) is 11.9 Å². The number of nitro groups is 1. The quantitative estimate of drug-likeness (QED) is 0.678. The first-order valence-electron chi connectivity index (χ1n) is 5.71. The molecule has 0 unspecified atom stereocenters. The molecular weight excluding hydrogens is 312 g/mol. The lowest BCUT2D eigenvalue weighted by Gasteiger charge is -2.07. The van der Waals surface area contributed by atoms with Crippen molar-refractivity contribution in [3.8, 4) is 0 Å². The first-order chi connectivity index (χ1) is 9.08. The molecule has 1 heterocycles. The normalized spacial score (nSPS) is 10.4. The predicted octanol–water partition coefficient (Wildman–Crippen LogP) is 2.75. The van der Waals surface area contributed by atoms with Crippen molar-refractivity contribution in [3.05, 3.63) is 51.0 Å². The summed E-state index contributed by atoms with van der Waals surface area (Å²) in [5.74, 6) is 0. The number of hydrogen-bond acceptors (Lipinski definition) is 4. The van der Waals surface area contributed by atoms with Crippen molar-refractivity contribution < 1.29 is 4.92 Å². The molecule has 0 bridgehead atoms. The highest BCUT2D eigenvalue weighted by Crippen LogP contribution is 2.27. The molecule has 0 aliphatic rings. The summed E-state index contributed by atoms with van der Waals surface area (Å²) < 4.78 is 2.62. The van der Waals surface area contributed by atoms with Gasteiger partial charge in [0.1, 0.15) is 5.69 Å². The zero-order chi connectivity index (χ0) is 13.8. The van der Waals surface area contributed by atoms with Gasteiger partial charge in [0.15, 0.2) is 0 Å². The Hall–Kier alpha value is -1.89. The maximum Gasteiger partial charge on any atom is 0.293 e. The van der Waals surface area contributed by atoms with Crippen molar-refractivity contribution in [2.45, 2.75) is 6.42 Å². The highest BCUT2D eigenvalue weighted by Gasteiger charge is 2.13. The monoisotopic (exact) mass is 324 g/mol. The van der Waals surface area contributed by atoms with Crippen LogP contribution in [-0.4, -0.2) is 21.0 Å². The number of rotatable bonds is 5. The number of nitrogens with zero attached hydrogens (tertiary/aromatic N) is 3. The van der Waals surface area contributed by atoms with Crippen LogP contribution >= 0.6 is 15.9 Å². The van der Waals surface area contributed by atoms with Gasteiger partial charge in [-0.2, -0.15) is 0 Å². The molecule has 0 radical (unpaired) electrons. The Labute approximate surface area is 118 Å². The summed E-state index contributed by atoms with van der Waals surface area (Å²) in [6, 6.07) is 4.97. The van der Waals surface area contributed by atoms with E-state index in [2.05, 4.69) is 26.2 Å². The summed E-state index contributed by atoms with van der Waals surface area (Å²) in [5.41, 5.74) is 1.67. The van der Waals surface area contributed by atoms with Crippen molar-refractivity contribution in [1.29, 1.82) is 0 Å². The van der Waals surface area contributed by atoms with E-state index in [1.165, 1.54) is 6.07 Å². The zero-order valence-corrected chi connectivity index (χ0v) is 11.9. The van der Waals surface area contributed by atoms with Gasteiger partial charge in [-0.1, -0.05) is 15.9 Å². The van der Waals surface area contributed by atoms with Crippen molar-refractivity contribution in [3.63, 3.8) is 0 Å². The molecule has 2 rings (SSSR count). The Morgan fingerprint density at radius 3 is 2.95 bits per heavy atom. The van der Waals surface area contributed by atoms with E-state index < -0.39 is 4.92 Å². The molecule has 0 atom stereocenters. The Morgan fingerprint density at radius 2 is 2.32 bits per heavy atom. The summed E-state index contributed by atoms with van der Waals surface area (Å²) in [5, 5.41) is 14.0. The zero-order valence-electron chi connectivity index (χ0n) is 10.3. The lowest BCUT2D eigenvalue weighted by atomic mass is 10.2. The van der Waals surface area contributed by atoms with Crippen LogP contribution in [0.3, 0.4) is 0 Å². The molecule has 0 spiro atoms. The molecule has 0 saturated heterocycles. The van der Waals surface area contributed by atoms with E-state index in [-0.39, 0.29) is 5.69 Å². The second kappa shape index (κ2) is 5.83. The number of imidazole rings is 1. The van der Waals surface area contributed by atoms with Gasteiger partial charge in [-0.05, 0) is 12.1 Å². The number of halogens is 1. The number of aromatic nitrogens is 2. The minimum atomic E-state index is -0.392. The fourth-order valence-electron chi connectivity index (χ4n) is 1.76. The number of nitrogens with one attached hydrogen (secondary N) is 1. The topological polar surface area (TPSA) is 73.0 Å². The van der Waals surface area contributed by atoms with E-state index in [1.807, 2.05) is 11.6 Å². The van der Waals surface area contributed by atoms with Crippen LogP contribution in [0.15, 0.2) is 35.2 Å². The average molecular weight is 325 g/mol. The summed E-state index contributed by atoms with van der Waals surface area (Å²) >= 11 is 3.23. The Bertz CT molecular complexity index is 597. The number of benzene rings is 1. The summed E-state index contributed by atoms with van der Waals surface area (Å²) in [7, 11) is 1.92. The third-order valence-electron chi connectivity index (χ3n) is 2.77. The van der Waals surface area contributed by atoms with Crippen LogP contribution in [0.2, 0.25) is 0 Å². The van der Waals surface area contributed by atoms with E-state index >= 15 is 0 Å². The summed E-state index contributed by atoms with van der Waals surface area (Å²) in [6.07, 6.45) is 4.28. The van der Waals surface area contributed by atoms with Crippen LogP contribution in [0.4, 0.5) is 11.4 Å². The maximum atomic E-state index is 11.0. The molecule has 6 nitrogen and oxygen atoms in total. The van der Waals surface area contributed by atoms with Crippen molar-refractivity contribution in [2.24, 2.45) is 7.05 Å². The fraction of sp³-hybridized carbons (Fsp3) is 0.250. The molecule has 7 heteroatoms. The molecule has 1 aromatic carbocycles. The van der Waals surface area contributed by atoms with Crippen LogP contribution in [0.1, 0.15) is 5.69 Å². The lowest BCUT2D eigenvalue weighted by molar-refractivity contribution is -0.384. The van der Waals surface area contributed by atoms with E-state index in [0.717, 1.165) is 12.1 Å². The first kappa shape index (κ1) is 13.5. The van der Waals surface area contributed by atoms with E-state index in [4.69, 9.17) is 0 Å². The second-order valence-electron chi connectivity index (χ2n) is 4.09. The maximum absolute atomic E-state index is 11.0. The average Bonchev–Trinajstić information content (AvgIpc) is 2.77. The largest absolute Gasteiger partial charge is 0.379 e. The summed E-state index contributed by atoms with van der Waals surface area (Å²) in [6.45, 7) is 0.613. The van der Waals surface area contributed by atoms with Crippen LogP contribution in [0, 0.1) is 10.1 Å². The van der Waals surface area contributed by atoms with Crippen LogP contribution in [0.25, 0.3) is 0 Å². The van der Waals surface area contributed by atoms with Gasteiger partial charge in [-0.25, -0.2) is 4.98 Å². The fourth-order valence-corrected chi connectivity index (χ4v) is 2.11. The standard InChI is InChI=1S/C12H13BrN4O2/c1-16-8-14-7-10(16)4-5-15-11-3-2-9(13)6-12(11)17(18)19/h2-3,6-8,15H,4-5H2,1H3. The van der Waals surface area contributed by atoms with Gasteiger partial charge < -0.3 is 9.88 Å². The lowest BCUT2D eigenvalue weighted by Crippen LogP contribution is -2.08. The van der Waals surface area contributed by atoms with E-state index in [1.54, 1.807) is 24.7 Å². The molecule has 0 amide bonds. The minimum absolute atomic E-state index is 0.0689. The molecule has 0 fully saturated rings. The Morgan fingerprint density at radius 1 is 1.53 bits per heavy atom. The molecule has 2 aromatic rings. The van der Waals surface area contributed by atoms with Gasteiger partial charge in [0.2, 0.25) is 0 Å². The second-order valence-corrected chi connectivity index (χ2v) is 5.01. The number of hydrogen-bond donors (Lipinski definition) is 1. The van der Waals surface area contributed by atoms with Gasteiger partial charge in [-0.3, -0.25) is 10.1 Å². The van der Waals surface area contributed by atoms with E-state index in [9.17, 15) is 10.1 Å².